The molecule has 2 N–H and O–H groups in total. The van der Waals surface area contributed by atoms with Crippen molar-refractivity contribution >= 4 is 27.9 Å². The van der Waals surface area contributed by atoms with Crippen molar-refractivity contribution < 1.29 is 4.42 Å². The molecule has 4 nitrogen and oxygen atoms in total. The highest BCUT2D eigenvalue weighted by atomic mass is 16.3. The number of hydrogen-bond acceptors (Lipinski definition) is 3. The van der Waals surface area contributed by atoms with Crippen LogP contribution < -0.4 is 5.32 Å². The third-order valence-electron chi connectivity index (χ3n) is 4.17. The first kappa shape index (κ1) is 13.0. The number of H-pyrrole nitrogens is 1. The van der Waals surface area contributed by atoms with E-state index in [2.05, 4.69) is 47.6 Å². The Balaban J connectivity index is 1.70. The molecule has 0 atom stereocenters. The number of hydrogen-bond donors (Lipinski definition) is 2. The molecule has 4 heteroatoms. The number of benzene rings is 2. The first-order chi connectivity index (χ1) is 10.7. The van der Waals surface area contributed by atoms with Gasteiger partial charge in [0.15, 0.2) is 11.4 Å². The Bertz CT molecular complexity index is 945. The van der Waals surface area contributed by atoms with E-state index in [1.54, 1.807) is 0 Å². The molecule has 0 aliphatic heterocycles. The Hall–Kier alpha value is -2.75. The summed E-state index contributed by atoms with van der Waals surface area (Å²) in [4.78, 5) is 0. The molecule has 0 saturated heterocycles. The summed E-state index contributed by atoms with van der Waals surface area (Å²) >= 11 is 0. The SMILES string of the molecule is Cc1cccc(C)c1CNc1n[nH]c2c1oc1ccccc12. The fourth-order valence-corrected chi connectivity index (χ4v) is 2.91. The molecular formula is C18H17N3O. The van der Waals surface area contributed by atoms with Crippen LogP contribution in [-0.4, -0.2) is 10.2 Å². The first-order valence-corrected chi connectivity index (χ1v) is 7.38. The maximum atomic E-state index is 5.92. The lowest BCUT2D eigenvalue weighted by molar-refractivity contribution is 0.669. The van der Waals surface area contributed by atoms with E-state index in [-0.39, 0.29) is 0 Å². The van der Waals surface area contributed by atoms with Gasteiger partial charge in [0.05, 0.1) is 0 Å². The molecule has 0 saturated carbocycles. The number of furan rings is 1. The summed E-state index contributed by atoms with van der Waals surface area (Å²) < 4.78 is 5.92. The van der Waals surface area contributed by atoms with E-state index in [1.165, 1.54) is 16.7 Å². The van der Waals surface area contributed by atoms with Gasteiger partial charge in [-0.1, -0.05) is 30.3 Å². The zero-order chi connectivity index (χ0) is 15.1. The smallest absolute Gasteiger partial charge is 0.197 e. The molecule has 22 heavy (non-hydrogen) atoms. The summed E-state index contributed by atoms with van der Waals surface area (Å²) in [5, 5.41) is 11.9. The van der Waals surface area contributed by atoms with Crippen LogP contribution in [0.1, 0.15) is 16.7 Å². The lowest BCUT2D eigenvalue weighted by Crippen LogP contribution is -2.03. The summed E-state index contributed by atoms with van der Waals surface area (Å²) in [7, 11) is 0. The predicted molar refractivity (Wildman–Crippen MR) is 89.1 cm³/mol. The van der Waals surface area contributed by atoms with Crippen molar-refractivity contribution in [2.24, 2.45) is 0 Å². The Morgan fingerprint density at radius 2 is 1.82 bits per heavy atom. The highest BCUT2D eigenvalue weighted by molar-refractivity contribution is 6.05. The molecule has 0 aliphatic carbocycles. The van der Waals surface area contributed by atoms with Gasteiger partial charge in [0.1, 0.15) is 11.1 Å². The van der Waals surface area contributed by atoms with Gasteiger partial charge in [0.25, 0.3) is 0 Å². The number of fused-ring (bicyclic) bond motifs is 3. The maximum absolute atomic E-state index is 5.92. The van der Waals surface area contributed by atoms with Crippen molar-refractivity contribution in [3.8, 4) is 0 Å². The summed E-state index contributed by atoms with van der Waals surface area (Å²) in [6.45, 7) is 4.99. The zero-order valence-electron chi connectivity index (χ0n) is 12.6. The van der Waals surface area contributed by atoms with E-state index in [4.69, 9.17) is 4.42 Å². The lowest BCUT2D eigenvalue weighted by atomic mass is 10.0. The molecule has 0 unspecified atom stereocenters. The van der Waals surface area contributed by atoms with E-state index < -0.39 is 0 Å². The second-order valence-corrected chi connectivity index (χ2v) is 5.60. The van der Waals surface area contributed by atoms with Crippen LogP contribution in [0.2, 0.25) is 0 Å². The third kappa shape index (κ3) is 1.96. The number of aromatic nitrogens is 2. The molecule has 4 aromatic rings. The van der Waals surface area contributed by atoms with Gasteiger partial charge < -0.3 is 9.73 Å². The molecule has 0 spiro atoms. The standard InChI is InChI=1S/C18H17N3O/c1-11-6-5-7-12(2)14(11)10-19-18-17-16(20-21-18)13-8-3-4-9-15(13)22-17/h3-9H,10H2,1-2H3,(H2,19,20,21). The normalized spacial score (nSPS) is 11.4. The fourth-order valence-electron chi connectivity index (χ4n) is 2.91. The lowest BCUT2D eigenvalue weighted by Gasteiger charge is -2.10. The highest BCUT2D eigenvalue weighted by Crippen LogP contribution is 2.31. The van der Waals surface area contributed by atoms with E-state index in [0.717, 1.165) is 34.4 Å². The number of anilines is 1. The largest absolute Gasteiger partial charge is 0.450 e. The monoisotopic (exact) mass is 291 g/mol. The molecule has 2 aromatic carbocycles. The highest BCUT2D eigenvalue weighted by Gasteiger charge is 2.14. The van der Waals surface area contributed by atoms with Crippen LogP contribution in [0.15, 0.2) is 46.9 Å². The average Bonchev–Trinajstić information content (AvgIpc) is 3.06. The van der Waals surface area contributed by atoms with E-state index >= 15 is 0 Å². The van der Waals surface area contributed by atoms with Crippen LogP contribution >= 0.6 is 0 Å². The number of aromatic amines is 1. The molecule has 0 bridgehead atoms. The number of aryl methyl sites for hydroxylation is 2. The average molecular weight is 291 g/mol. The van der Waals surface area contributed by atoms with Crippen molar-refractivity contribution in [3.05, 3.63) is 59.2 Å². The summed E-state index contributed by atoms with van der Waals surface area (Å²) in [5.41, 5.74) is 6.47. The quantitative estimate of drug-likeness (QED) is 0.582. The van der Waals surface area contributed by atoms with Gasteiger partial charge in [0.2, 0.25) is 0 Å². The number of rotatable bonds is 3. The molecule has 2 heterocycles. The second kappa shape index (κ2) is 4.91. The second-order valence-electron chi connectivity index (χ2n) is 5.60. The number of nitrogens with one attached hydrogen (secondary N) is 2. The molecule has 110 valence electrons. The molecule has 0 amide bonds. The minimum Gasteiger partial charge on any atom is -0.450 e. The molecule has 4 rings (SSSR count). The van der Waals surface area contributed by atoms with Gasteiger partial charge in [-0.15, -0.1) is 0 Å². The van der Waals surface area contributed by atoms with Crippen LogP contribution in [0.5, 0.6) is 0 Å². The topological polar surface area (TPSA) is 53.9 Å². The van der Waals surface area contributed by atoms with Gasteiger partial charge in [-0.3, -0.25) is 5.10 Å². The van der Waals surface area contributed by atoms with Crippen LogP contribution in [0.4, 0.5) is 5.82 Å². The summed E-state index contributed by atoms with van der Waals surface area (Å²) in [6.07, 6.45) is 0. The molecular weight excluding hydrogens is 274 g/mol. The molecule has 0 radical (unpaired) electrons. The molecule has 0 fully saturated rings. The van der Waals surface area contributed by atoms with E-state index in [9.17, 15) is 0 Å². The number of para-hydroxylation sites is 1. The summed E-state index contributed by atoms with van der Waals surface area (Å²) in [6, 6.07) is 14.3. The Labute approximate surface area is 128 Å². The van der Waals surface area contributed by atoms with Crippen molar-refractivity contribution in [1.82, 2.24) is 10.2 Å². The van der Waals surface area contributed by atoms with Gasteiger partial charge in [-0.2, -0.15) is 5.10 Å². The minimum absolute atomic E-state index is 0.732. The van der Waals surface area contributed by atoms with Crippen LogP contribution in [0.3, 0.4) is 0 Å². The minimum atomic E-state index is 0.732. The first-order valence-electron chi connectivity index (χ1n) is 7.38. The van der Waals surface area contributed by atoms with Gasteiger partial charge in [0, 0.05) is 11.9 Å². The predicted octanol–water partition coefficient (Wildman–Crippen LogP) is 4.54. The Morgan fingerprint density at radius 1 is 1.05 bits per heavy atom. The van der Waals surface area contributed by atoms with Gasteiger partial charge in [-0.25, -0.2) is 0 Å². The van der Waals surface area contributed by atoms with Crippen LogP contribution in [0.25, 0.3) is 22.1 Å². The third-order valence-corrected chi connectivity index (χ3v) is 4.17. The maximum Gasteiger partial charge on any atom is 0.197 e. The van der Waals surface area contributed by atoms with Gasteiger partial charge >= 0.3 is 0 Å². The Kier molecular flexibility index (Phi) is 2.89. The van der Waals surface area contributed by atoms with E-state index in [1.807, 2.05) is 24.3 Å². The van der Waals surface area contributed by atoms with Crippen molar-refractivity contribution in [1.29, 1.82) is 0 Å². The molecule has 0 aliphatic rings. The van der Waals surface area contributed by atoms with Gasteiger partial charge in [-0.05, 0) is 42.7 Å². The van der Waals surface area contributed by atoms with Crippen LogP contribution in [-0.2, 0) is 6.54 Å². The fraction of sp³-hybridized carbons (Fsp3) is 0.167. The number of nitrogens with zero attached hydrogens (tertiary/aromatic N) is 1. The van der Waals surface area contributed by atoms with Crippen molar-refractivity contribution in [2.45, 2.75) is 20.4 Å². The van der Waals surface area contributed by atoms with E-state index in [0.29, 0.717) is 0 Å². The van der Waals surface area contributed by atoms with Crippen LogP contribution in [0, 0.1) is 13.8 Å². The van der Waals surface area contributed by atoms with Crippen molar-refractivity contribution in [2.75, 3.05) is 5.32 Å². The summed E-state index contributed by atoms with van der Waals surface area (Å²) in [5.74, 6) is 0.758. The zero-order valence-corrected chi connectivity index (χ0v) is 12.6. The molecule has 2 aromatic heterocycles. The Morgan fingerprint density at radius 3 is 2.64 bits per heavy atom. The van der Waals surface area contributed by atoms with Crippen molar-refractivity contribution in [3.63, 3.8) is 0 Å².